The Hall–Kier alpha value is -3.49. The lowest BCUT2D eigenvalue weighted by Gasteiger charge is -2.08. The highest BCUT2D eigenvalue weighted by Gasteiger charge is 2.19. The first-order valence-electron chi connectivity index (χ1n) is 8.44. The minimum absolute atomic E-state index is 0.177. The smallest absolute Gasteiger partial charge is 0.360 e. The van der Waals surface area contributed by atoms with Gasteiger partial charge in [0.1, 0.15) is 5.76 Å². The van der Waals surface area contributed by atoms with Gasteiger partial charge in [-0.3, -0.25) is 4.79 Å². The molecule has 0 radical (unpaired) electrons. The first kappa shape index (κ1) is 18.3. The van der Waals surface area contributed by atoms with Crippen molar-refractivity contribution in [1.29, 1.82) is 0 Å². The second kappa shape index (κ2) is 8.26. The summed E-state index contributed by atoms with van der Waals surface area (Å²) in [6.07, 6.45) is 3.95. The number of amides is 1. The number of oxazole rings is 1. The predicted octanol–water partition coefficient (Wildman–Crippen LogP) is 1.58. The lowest BCUT2D eigenvalue weighted by molar-refractivity contribution is 0.0592. The van der Waals surface area contributed by atoms with Crippen molar-refractivity contribution in [2.24, 2.45) is 0 Å². The van der Waals surface area contributed by atoms with E-state index in [-0.39, 0.29) is 11.6 Å². The van der Waals surface area contributed by atoms with E-state index in [0.29, 0.717) is 42.3 Å². The summed E-state index contributed by atoms with van der Waals surface area (Å²) < 4.78 is 10.3. The van der Waals surface area contributed by atoms with Crippen molar-refractivity contribution in [1.82, 2.24) is 25.3 Å². The molecular formula is C18H19N5O4. The van der Waals surface area contributed by atoms with Crippen LogP contribution in [0.2, 0.25) is 0 Å². The average molecular weight is 369 g/mol. The second-order valence-electron chi connectivity index (χ2n) is 5.57. The Labute approximate surface area is 155 Å². The number of nitrogens with one attached hydrogen (secondary N) is 1. The van der Waals surface area contributed by atoms with Gasteiger partial charge in [-0.15, -0.1) is 0 Å². The fraction of sp³-hybridized carbons (Fsp3) is 0.278. The van der Waals surface area contributed by atoms with Crippen LogP contribution >= 0.6 is 0 Å². The van der Waals surface area contributed by atoms with Crippen LogP contribution in [0.25, 0.3) is 5.69 Å². The van der Waals surface area contributed by atoms with Crippen molar-refractivity contribution in [3.05, 3.63) is 59.6 Å². The van der Waals surface area contributed by atoms with E-state index < -0.39 is 5.97 Å². The molecule has 1 amide bonds. The van der Waals surface area contributed by atoms with Gasteiger partial charge < -0.3 is 14.5 Å². The van der Waals surface area contributed by atoms with Crippen LogP contribution in [0.4, 0.5) is 0 Å². The van der Waals surface area contributed by atoms with E-state index in [4.69, 9.17) is 9.15 Å². The van der Waals surface area contributed by atoms with Crippen molar-refractivity contribution < 1.29 is 18.7 Å². The van der Waals surface area contributed by atoms with Crippen LogP contribution in [0, 0.1) is 0 Å². The number of ether oxygens (including phenoxy) is 1. The van der Waals surface area contributed by atoms with Crippen molar-refractivity contribution in [2.75, 3.05) is 13.7 Å². The number of methoxy groups -OCH3 is 1. The Morgan fingerprint density at radius 1 is 1.22 bits per heavy atom. The SMILES string of the molecule is CCc1oc(CCNC(=O)c2ccccc2-n2nccn2)nc1C(=O)OC. The van der Waals surface area contributed by atoms with Crippen molar-refractivity contribution in [2.45, 2.75) is 19.8 Å². The summed E-state index contributed by atoms with van der Waals surface area (Å²) in [6, 6.07) is 7.04. The maximum absolute atomic E-state index is 12.5. The maximum atomic E-state index is 12.5. The van der Waals surface area contributed by atoms with Crippen LogP contribution in [0.5, 0.6) is 0 Å². The highest BCUT2D eigenvalue weighted by atomic mass is 16.5. The molecule has 9 nitrogen and oxygen atoms in total. The van der Waals surface area contributed by atoms with E-state index in [9.17, 15) is 9.59 Å². The number of aryl methyl sites for hydroxylation is 1. The molecule has 1 N–H and O–H groups in total. The Morgan fingerprint density at radius 2 is 1.96 bits per heavy atom. The van der Waals surface area contributed by atoms with Crippen LogP contribution in [-0.4, -0.2) is 45.5 Å². The van der Waals surface area contributed by atoms with Crippen LogP contribution in [-0.2, 0) is 17.6 Å². The van der Waals surface area contributed by atoms with Crippen LogP contribution < -0.4 is 5.32 Å². The predicted molar refractivity (Wildman–Crippen MR) is 94.6 cm³/mol. The van der Waals surface area contributed by atoms with E-state index in [0.717, 1.165) is 0 Å². The zero-order valence-electron chi connectivity index (χ0n) is 15.0. The number of carbonyl (C=O) groups excluding carboxylic acids is 2. The molecule has 0 aliphatic rings. The molecule has 0 bridgehead atoms. The molecule has 0 saturated carbocycles. The van der Waals surface area contributed by atoms with Crippen LogP contribution in [0.3, 0.4) is 0 Å². The minimum Gasteiger partial charge on any atom is -0.464 e. The molecule has 3 rings (SSSR count). The summed E-state index contributed by atoms with van der Waals surface area (Å²) in [6.45, 7) is 2.16. The van der Waals surface area contributed by atoms with Gasteiger partial charge in [0.15, 0.2) is 11.6 Å². The molecule has 27 heavy (non-hydrogen) atoms. The molecule has 0 aliphatic heterocycles. The van der Waals surface area contributed by atoms with Crippen LogP contribution in [0.15, 0.2) is 41.1 Å². The van der Waals surface area contributed by atoms with Gasteiger partial charge in [-0.1, -0.05) is 19.1 Å². The molecule has 0 aliphatic carbocycles. The maximum Gasteiger partial charge on any atom is 0.360 e. The first-order chi connectivity index (χ1) is 13.1. The Kier molecular flexibility index (Phi) is 5.60. The quantitative estimate of drug-likeness (QED) is 0.629. The third-order valence-electron chi connectivity index (χ3n) is 3.85. The summed E-state index contributed by atoms with van der Waals surface area (Å²) in [7, 11) is 1.29. The van der Waals surface area contributed by atoms with Gasteiger partial charge >= 0.3 is 5.97 Å². The highest BCUT2D eigenvalue weighted by molar-refractivity contribution is 5.97. The summed E-state index contributed by atoms with van der Waals surface area (Å²) in [5.74, 6) is 0.0396. The number of aromatic nitrogens is 4. The Balaban J connectivity index is 1.66. The lowest BCUT2D eigenvalue weighted by Crippen LogP contribution is -2.27. The van der Waals surface area contributed by atoms with Gasteiger partial charge in [0, 0.05) is 19.4 Å². The Morgan fingerprint density at radius 3 is 2.67 bits per heavy atom. The number of nitrogens with zero attached hydrogens (tertiary/aromatic N) is 4. The molecule has 3 aromatic rings. The number of benzene rings is 1. The number of rotatable bonds is 7. The van der Waals surface area contributed by atoms with Crippen molar-refractivity contribution in [3.63, 3.8) is 0 Å². The van der Waals surface area contributed by atoms with E-state index >= 15 is 0 Å². The summed E-state index contributed by atoms with van der Waals surface area (Å²) >= 11 is 0. The number of para-hydroxylation sites is 1. The normalized spacial score (nSPS) is 10.6. The standard InChI is InChI=1S/C18H19N5O4/c1-3-14-16(18(25)26-2)22-15(27-14)8-9-19-17(24)12-6-4-5-7-13(12)23-20-10-11-21-23/h4-7,10-11H,3,8-9H2,1-2H3,(H,19,24). The molecule has 1 aromatic carbocycles. The third-order valence-corrected chi connectivity index (χ3v) is 3.85. The molecule has 0 spiro atoms. The molecule has 0 unspecified atom stereocenters. The number of esters is 1. The number of hydrogen-bond donors (Lipinski definition) is 1. The molecular weight excluding hydrogens is 350 g/mol. The van der Waals surface area contributed by atoms with Crippen molar-refractivity contribution in [3.8, 4) is 5.69 Å². The molecule has 0 atom stereocenters. The zero-order chi connectivity index (χ0) is 19.2. The van der Waals surface area contributed by atoms with E-state index in [1.807, 2.05) is 13.0 Å². The summed E-state index contributed by atoms with van der Waals surface area (Å²) in [5, 5.41) is 10.9. The average Bonchev–Trinajstić information content (AvgIpc) is 3.37. The van der Waals surface area contributed by atoms with Crippen molar-refractivity contribution >= 4 is 11.9 Å². The first-order valence-corrected chi connectivity index (χ1v) is 8.44. The Bertz CT molecular complexity index is 933. The van der Waals surface area contributed by atoms with Crippen LogP contribution in [0.1, 0.15) is 39.4 Å². The van der Waals surface area contributed by atoms with Gasteiger partial charge in [-0.25, -0.2) is 9.78 Å². The zero-order valence-corrected chi connectivity index (χ0v) is 15.0. The highest BCUT2D eigenvalue weighted by Crippen LogP contribution is 2.14. The molecule has 2 aromatic heterocycles. The summed E-state index contributed by atoms with van der Waals surface area (Å²) in [4.78, 5) is 29.8. The fourth-order valence-corrected chi connectivity index (χ4v) is 2.56. The lowest BCUT2D eigenvalue weighted by atomic mass is 10.1. The molecule has 140 valence electrons. The molecule has 9 heteroatoms. The van der Waals surface area contributed by atoms with Gasteiger partial charge in [0.05, 0.1) is 30.8 Å². The van der Waals surface area contributed by atoms with E-state index in [1.54, 1.807) is 30.6 Å². The molecule has 2 heterocycles. The third kappa shape index (κ3) is 4.02. The fourth-order valence-electron chi connectivity index (χ4n) is 2.56. The topological polar surface area (TPSA) is 112 Å². The second-order valence-corrected chi connectivity index (χ2v) is 5.57. The van der Waals surface area contributed by atoms with E-state index in [2.05, 4.69) is 20.5 Å². The summed E-state index contributed by atoms with van der Waals surface area (Å²) in [5.41, 5.74) is 1.21. The van der Waals surface area contributed by atoms with Gasteiger partial charge in [-0.2, -0.15) is 15.0 Å². The molecule has 0 saturated heterocycles. The van der Waals surface area contributed by atoms with E-state index in [1.165, 1.54) is 11.9 Å². The van der Waals surface area contributed by atoms with Gasteiger partial charge in [-0.05, 0) is 12.1 Å². The largest absolute Gasteiger partial charge is 0.464 e. The number of carbonyl (C=O) groups is 2. The monoisotopic (exact) mass is 369 g/mol. The molecule has 0 fully saturated rings. The minimum atomic E-state index is -0.536. The van der Waals surface area contributed by atoms with Gasteiger partial charge in [0.2, 0.25) is 0 Å². The number of hydrogen-bond acceptors (Lipinski definition) is 7. The van der Waals surface area contributed by atoms with Gasteiger partial charge in [0.25, 0.3) is 5.91 Å².